The van der Waals surface area contributed by atoms with Crippen molar-refractivity contribution in [3.05, 3.63) is 34.9 Å². The predicted octanol–water partition coefficient (Wildman–Crippen LogP) is 0.942. The Kier molecular flexibility index (Phi) is 6.01. The molecule has 2 aliphatic heterocycles. The van der Waals surface area contributed by atoms with Crippen molar-refractivity contribution in [2.45, 2.75) is 63.3 Å². The number of fused-ring (bicyclic) bond motifs is 1. The number of piperidine rings is 1. The first-order chi connectivity index (χ1) is 12.9. The lowest BCUT2D eigenvalue weighted by atomic mass is 9.97. The molecule has 27 heavy (non-hydrogen) atoms. The molecule has 2 aliphatic rings. The minimum absolute atomic E-state index is 0.0582. The molecule has 0 saturated carbocycles. The topological polar surface area (TPSA) is 105 Å². The van der Waals surface area contributed by atoms with Crippen LogP contribution in [0.1, 0.15) is 38.2 Å². The number of nitrogens with one attached hydrogen (secondary N) is 2. The predicted molar refractivity (Wildman–Crippen MR) is 102 cm³/mol. The van der Waals surface area contributed by atoms with E-state index in [0.717, 1.165) is 18.4 Å². The smallest absolute Gasteiger partial charge is 0.246 e. The molecule has 0 radical (unpaired) electrons. The lowest BCUT2D eigenvalue weighted by Crippen LogP contribution is -2.59. The van der Waals surface area contributed by atoms with Gasteiger partial charge in [0.15, 0.2) is 0 Å². The van der Waals surface area contributed by atoms with Gasteiger partial charge in [-0.15, -0.1) is 0 Å². The molecular weight excluding hydrogens is 368 g/mol. The average Bonchev–Trinajstić information content (AvgIpc) is 3.07. The van der Waals surface area contributed by atoms with Gasteiger partial charge >= 0.3 is 0 Å². The van der Waals surface area contributed by atoms with Crippen LogP contribution in [-0.4, -0.2) is 46.8 Å². The highest BCUT2D eigenvalue weighted by atomic mass is 35.5. The van der Waals surface area contributed by atoms with Crippen molar-refractivity contribution in [2.24, 2.45) is 5.73 Å². The van der Waals surface area contributed by atoms with Gasteiger partial charge in [0.1, 0.15) is 12.1 Å². The van der Waals surface area contributed by atoms with Crippen molar-refractivity contribution in [2.75, 3.05) is 0 Å². The first-order valence-corrected chi connectivity index (χ1v) is 9.65. The normalized spacial score (nSPS) is 25.7. The number of halogens is 1. The van der Waals surface area contributed by atoms with Crippen molar-refractivity contribution in [1.29, 1.82) is 0 Å². The van der Waals surface area contributed by atoms with Gasteiger partial charge in [-0.05, 0) is 50.3 Å². The molecule has 0 aromatic heterocycles. The molecule has 3 rings (SSSR count). The molecule has 3 amide bonds. The second-order valence-corrected chi connectivity index (χ2v) is 7.70. The Morgan fingerprint density at radius 2 is 2.04 bits per heavy atom. The Hall–Kier alpha value is -2.12. The van der Waals surface area contributed by atoms with Crippen molar-refractivity contribution >= 4 is 29.3 Å². The van der Waals surface area contributed by atoms with Crippen LogP contribution in [0.4, 0.5) is 0 Å². The largest absolute Gasteiger partial charge is 0.350 e. The van der Waals surface area contributed by atoms with Gasteiger partial charge in [-0.1, -0.05) is 23.7 Å². The van der Waals surface area contributed by atoms with E-state index in [9.17, 15) is 14.4 Å². The first kappa shape index (κ1) is 19.6. The number of nitrogens with two attached hydrogens (primary N) is 1. The average molecular weight is 393 g/mol. The van der Waals surface area contributed by atoms with Crippen molar-refractivity contribution in [3.8, 4) is 0 Å². The van der Waals surface area contributed by atoms with E-state index >= 15 is 0 Å². The quantitative estimate of drug-likeness (QED) is 0.693. The van der Waals surface area contributed by atoms with E-state index in [4.69, 9.17) is 17.3 Å². The van der Waals surface area contributed by atoms with Crippen molar-refractivity contribution < 1.29 is 14.4 Å². The summed E-state index contributed by atoms with van der Waals surface area (Å²) in [5, 5.41) is 6.21. The Balaban J connectivity index is 1.63. The maximum Gasteiger partial charge on any atom is 0.246 e. The lowest BCUT2D eigenvalue weighted by Gasteiger charge is -2.38. The minimum Gasteiger partial charge on any atom is -0.350 e. The summed E-state index contributed by atoms with van der Waals surface area (Å²) in [4.78, 5) is 39.1. The van der Waals surface area contributed by atoms with E-state index in [0.29, 0.717) is 24.4 Å². The monoisotopic (exact) mass is 392 g/mol. The van der Waals surface area contributed by atoms with Crippen LogP contribution in [0.5, 0.6) is 0 Å². The second kappa shape index (κ2) is 8.27. The fourth-order valence-corrected chi connectivity index (χ4v) is 4.02. The minimum atomic E-state index is -0.675. The third-order valence-electron chi connectivity index (χ3n) is 5.23. The van der Waals surface area contributed by atoms with Crippen molar-refractivity contribution in [1.82, 2.24) is 15.5 Å². The van der Waals surface area contributed by atoms with E-state index in [2.05, 4.69) is 10.6 Å². The summed E-state index contributed by atoms with van der Waals surface area (Å²) >= 11 is 5.97. The molecule has 1 aromatic rings. The molecule has 8 heteroatoms. The van der Waals surface area contributed by atoms with Gasteiger partial charge < -0.3 is 21.3 Å². The van der Waals surface area contributed by atoms with Crippen LogP contribution in [0.3, 0.4) is 0 Å². The number of benzene rings is 1. The Morgan fingerprint density at radius 3 is 2.74 bits per heavy atom. The summed E-state index contributed by atoms with van der Waals surface area (Å²) < 4.78 is 0. The van der Waals surface area contributed by atoms with E-state index in [1.165, 1.54) is 0 Å². The van der Waals surface area contributed by atoms with Gasteiger partial charge in [0.05, 0.1) is 6.04 Å². The van der Waals surface area contributed by atoms with E-state index in [1.54, 1.807) is 24.0 Å². The zero-order valence-corrected chi connectivity index (χ0v) is 16.0. The Morgan fingerprint density at radius 1 is 1.30 bits per heavy atom. The number of rotatable bonds is 5. The van der Waals surface area contributed by atoms with E-state index < -0.39 is 18.1 Å². The van der Waals surface area contributed by atoms with Crippen LogP contribution in [0.2, 0.25) is 5.02 Å². The van der Waals surface area contributed by atoms with Crippen LogP contribution in [-0.2, 0) is 20.9 Å². The number of nitrogens with zero attached hydrogens (tertiary/aromatic N) is 1. The second-order valence-electron chi connectivity index (χ2n) is 7.27. The SMILES string of the molecule is C[C@H](N)C(=O)N[C@H]1CCC2CC[C@@H](C(=O)NCc3cccc(Cl)c3)N2C1=O. The van der Waals surface area contributed by atoms with Gasteiger partial charge in [0.25, 0.3) is 0 Å². The van der Waals surface area contributed by atoms with Gasteiger partial charge in [-0.3, -0.25) is 14.4 Å². The van der Waals surface area contributed by atoms with Crippen LogP contribution in [0.25, 0.3) is 0 Å². The summed E-state index contributed by atoms with van der Waals surface area (Å²) in [6.07, 6.45) is 2.78. The highest BCUT2D eigenvalue weighted by Gasteiger charge is 2.46. The molecule has 7 nitrogen and oxygen atoms in total. The highest BCUT2D eigenvalue weighted by Crippen LogP contribution is 2.32. The molecule has 146 valence electrons. The van der Waals surface area contributed by atoms with E-state index in [-0.39, 0.29) is 23.8 Å². The maximum atomic E-state index is 12.9. The fraction of sp³-hybridized carbons (Fsp3) is 0.526. The van der Waals surface area contributed by atoms with Gasteiger partial charge in [-0.25, -0.2) is 0 Å². The summed E-state index contributed by atoms with van der Waals surface area (Å²) in [5.74, 6) is -0.724. The molecule has 2 heterocycles. The standard InChI is InChI=1S/C19H25ClN4O3/c1-11(21)17(25)23-15-7-5-14-6-8-16(24(14)19(15)27)18(26)22-10-12-3-2-4-13(20)9-12/h2-4,9,11,14-16H,5-8,10,21H2,1H3,(H,22,26)(H,23,25)/t11-,14?,15-,16-/m0/s1. The number of carbonyl (C=O) groups is 3. The molecule has 4 atom stereocenters. The summed E-state index contributed by atoms with van der Waals surface area (Å²) in [6, 6.07) is 5.55. The highest BCUT2D eigenvalue weighted by molar-refractivity contribution is 6.30. The summed E-state index contributed by atoms with van der Waals surface area (Å²) in [5.41, 5.74) is 6.48. The van der Waals surface area contributed by atoms with Gasteiger partial charge in [0, 0.05) is 17.6 Å². The molecule has 0 aliphatic carbocycles. The molecule has 1 unspecified atom stereocenters. The molecule has 2 saturated heterocycles. The van der Waals surface area contributed by atoms with Gasteiger partial charge in [0.2, 0.25) is 17.7 Å². The first-order valence-electron chi connectivity index (χ1n) is 9.27. The molecule has 4 N–H and O–H groups in total. The van der Waals surface area contributed by atoms with Crippen LogP contribution < -0.4 is 16.4 Å². The number of carbonyl (C=O) groups excluding carboxylic acids is 3. The molecular formula is C19H25ClN4O3. The third kappa shape index (κ3) is 4.42. The zero-order valence-electron chi connectivity index (χ0n) is 15.3. The van der Waals surface area contributed by atoms with E-state index in [1.807, 2.05) is 12.1 Å². The fourth-order valence-electron chi connectivity index (χ4n) is 3.81. The summed E-state index contributed by atoms with van der Waals surface area (Å²) in [7, 11) is 0. The van der Waals surface area contributed by atoms with Crippen LogP contribution >= 0.6 is 11.6 Å². The van der Waals surface area contributed by atoms with Crippen LogP contribution in [0, 0.1) is 0 Å². The number of hydrogen-bond acceptors (Lipinski definition) is 4. The van der Waals surface area contributed by atoms with Crippen molar-refractivity contribution in [3.63, 3.8) is 0 Å². The molecule has 2 fully saturated rings. The Labute approximate surface area is 163 Å². The Bertz CT molecular complexity index is 739. The molecule has 0 bridgehead atoms. The van der Waals surface area contributed by atoms with Gasteiger partial charge in [-0.2, -0.15) is 0 Å². The number of amides is 3. The summed E-state index contributed by atoms with van der Waals surface area (Å²) in [6.45, 7) is 1.93. The lowest BCUT2D eigenvalue weighted by molar-refractivity contribution is -0.146. The zero-order chi connectivity index (χ0) is 19.6. The molecule has 1 aromatic carbocycles. The van der Waals surface area contributed by atoms with Crippen LogP contribution in [0.15, 0.2) is 24.3 Å². The third-order valence-corrected chi connectivity index (χ3v) is 5.47. The maximum absolute atomic E-state index is 12.9. The number of hydrogen-bond donors (Lipinski definition) is 3. The molecule has 0 spiro atoms.